The molecule has 2 aromatic carbocycles. The highest BCUT2D eigenvalue weighted by Gasteiger charge is 2.07. The largest absolute Gasteiger partial charge is 0.497 e. The maximum atomic E-state index is 5.19. The highest BCUT2D eigenvalue weighted by atomic mass is 16.5. The number of nitrogens with one attached hydrogen (secondary N) is 1. The summed E-state index contributed by atoms with van der Waals surface area (Å²) in [4.78, 5) is 0. The third kappa shape index (κ3) is 4.01. The van der Waals surface area contributed by atoms with E-state index in [2.05, 4.69) is 62.5 Å². The maximum absolute atomic E-state index is 5.19. The van der Waals surface area contributed by atoms with Crippen LogP contribution in [0.4, 0.5) is 5.69 Å². The SMILES string of the molecule is CCC(C)c1ccc(NC(C)c2ccc(OC)cc2)cc1. The van der Waals surface area contributed by atoms with E-state index in [4.69, 9.17) is 4.74 Å². The molecule has 0 aliphatic rings. The van der Waals surface area contributed by atoms with Crippen LogP contribution in [0, 0.1) is 0 Å². The minimum atomic E-state index is 0.269. The molecule has 0 heterocycles. The van der Waals surface area contributed by atoms with Crippen LogP contribution in [0.3, 0.4) is 0 Å². The summed E-state index contributed by atoms with van der Waals surface area (Å²) in [6.45, 7) is 6.66. The lowest BCUT2D eigenvalue weighted by Crippen LogP contribution is -2.06. The smallest absolute Gasteiger partial charge is 0.118 e. The minimum absolute atomic E-state index is 0.269. The number of hydrogen-bond acceptors (Lipinski definition) is 2. The minimum Gasteiger partial charge on any atom is -0.497 e. The van der Waals surface area contributed by atoms with E-state index in [0.29, 0.717) is 5.92 Å². The van der Waals surface area contributed by atoms with Gasteiger partial charge in [0.1, 0.15) is 5.75 Å². The second kappa shape index (κ2) is 7.16. The van der Waals surface area contributed by atoms with Gasteiger partial charge in [-0.05, 0) is 54.7 Å². The van der Waals surface area contributed by atoms with Gasteiger partial charge in [-0.15, -0.1) is 0 Å². The van der Waals surface area contributed by atoms with Gasteiger partial charge >= 0.3 is 0 Å². The Morgan fingerprint density at radius 1 is 0.905 bits per heavy atom. The first-order valence-corrected chi connectivity index (χ1v) is 7.64. The normalized spacial score (nSPS) is 13.5. The van der Waals surface area contributed by atoms with Crippen LogP contribution < -0.4 is 10.1 Å². The van der Waals surface area contributed by atoms with Crippen molar-refractivity contribution in [1.82, 2.24) is 0 Å². The monoisotopic (exact) mass is 283 g/mol. The summed E-state index contributed by atoms with van der Waals surface area (Å²) in [6, 6.07) is 17.2. The van der Waals surface area contributed by atoms with Gasteiger partial charge in [0.05, 0.1) is 7.11 Å². The summed E-state index contributed by atoms with van der Waals surface area (Å²) in [5.41, 5.74) is 3.81. The molecule has 1 N–H and O–H groups in total. The van der Waals surface area contributed by atoms with Crippen molar-refractivity contribution < 1.29 is 4.74 Å². The summed E-state index contributed by atoms with van der Waals surface area (Å²) in [5, 5.41) is 3.54. The van der Waals surface area contributed by atoms with Crippen LogP contribution in [0.15, 0.2) is 48.5 Å². The van der Waals surface area contributed by atoms with E-state index >= 15 is 0 Å². The Bertz CT molecular complexity index is 545. The molecule has 21 heavy (non-hydrogen) atoms. The molecule has 0 aliphatic heterocycles. The van der Waals surface area contributed by atoms with Gasteiger partial charge in [-0.25, -0.2) is 0 Å². The van der Waals surface area contributed by atoms with E-state index in [9.17, 15) is 0 Å². The highest BCUT2D eigenvalue weighted by molar-refractivity contribution is 5.47. The van der Waals surface area contributed by atoms with Crippen molar-refractivity contribution in [1.29, 1.82) is 0 Å². The van der Waals surface area contributed by atoms with Crippen LogP contribution in [-0.4, -0.2) is 7.11 Å². The Hall–Kier alpha value is -1.96. The van der Waals surface area contributed by atoms with Gasteiger partial charge in [0.25, 0.3) is 0 Å². The first-order valence-electron chi connectivity index (χ1n) is 7.64. The molecule has 0 amide bonds. The first kappa shape index (κ1) is 15.4. The number of ether oxygens (including phenoxy) is 1. The Balaban J connectivity index is 2.02. The zero-order valence-corrected chi connectivity index (χ0v) is 13.4. The maximum Gasteiger partial charge on any atom is 0.118 e. The van der Waals surface area contributed by atoms with E-state index in [1.807, 2.05) is 12.1 Å². The summed E-state index contributed by atoms with van der Waals surface area (Å²) >= 11 is 0. The molecule has 2 unspecified atom stereocenters. The van der Waals surface area contributed by atoms with Crippen molar-refractivity contribution in [3.05, 3.63) is 59.7 Å². The van der Waals surface area contributed by atoms with Crippen molar-refractivity contribution in [2.24, 2.45) is 0 Å². The molecular formula is C19H25NO. The van der Waals surface area contributed by atoms with Crippen molar-refractivity contribution in [2.45, 2.75) is 39.2 Å². The fourth-order valence-corrected chi connectivity index (χ4v) is 2.37. The van der Waals surface area contributed by atoms with Gasteiger partial charge in [0.2, 0.25) is 0 Å². The summed E-state index contributed by atoms with van der Waals surface area (Å²) in [7, 11) is 1.69. The highest BCUT2D eigenvalue weighted by Crippen LogP contribution is 2.24. The third-order valence-corrected chi connectivity index (χ3v) is 4.09. The molecule has 2 rings (SSSR count). The third-order valence-electron chi connectivity index (χ3n) is 4.09. The number of methoxy groups -OCH3 is 1. The Kier molecular flexibility index (Phi) is 5.26. The molecule has 112 valence electrons. The molecule has 2 nitrogen and oxygen atoms in total. The van der Waals surface area contributed by atoms with Crippen LogP contribution in [0.5, 0.6) is 5.75 Å². The standard InChI is InChI=1S/C19H25NO/c1-5-14(2)16-6-10-18(11-7-16)20-15(3)17-8-12-19(21-4)13-9-17/h6-15,20H,5H2,1-4H3. The van der Waals surface area contributed by atoms with Gasteiger partial charge in [0, 0.05) is 11.7 Å². The van der Waals surface area contributed by atoms with E-state index < -0.39 is 0 Å². The zero-order valence-electron chi connectivity index (χ0n) is 13.4. The number of benzene rings is 2. The Morgan fingerprint density at radius 3 is 2.00 bits per heavy atom. The summed E-state index contributed by atoms with van der Waals surface area (Å²) < 4.78 is 5.19. The molecule has 2 heteroatoms. The van der Waals surface area contributed by atoms with Crippen molar-refractivity contribution in [2.75, 3.05) is 12.4 Å². The van der Waals surface area contributed by atoms with Crippen LogP contribution in [0.25, 0.3) is 0 Å². The van der Waals surface area contributed by atoms with Crippen LogP contribution >= 0.6 is 0 Å². The molecule has 0 spiro atoms. The number of hydrogen-bond donors (Lipinski definition) is 1. The number of anilines is 1. The van der Waals surface area contributed by atoms with E-state index in [1.165, 1.54) is 17.5 Å². The second-order valence-electron chi connectivity index (χ2n) is 5.57. The molecule has 0 aliphatic carbocycles. The number of rotatable bonds is 6. The molecule has 0 aromatic heterocycles. The topological polar surface area (TPSA) is 21.3 Å². The molecule has 2 aromatic rings. The fourth-order valence-electron chi connectivity index (χ4n) is 2.37. The average molecular weight is 283 g/mol. The van der Waals surface area contributed by atoms with Crippen LogP contribution in [-0.2, 0) is 0 Å². The van der Waals surface area contributed by atoms with E-state index in [-0.39, 0.29) is 6.04 Å². The lowest BCUT2D eigenvalue weighted by molar-refractivity contribution is 0.414. The lowest BCUT2D eigenvalue weighted by Gasteiger charge is -2.17. The van der Waals surface area contributed by atoms with Crippen molar-refractivity contribution in [3.63, 3.8) is 0 Å². The predicted octanol–water partition coefficient (Wildman–Crippen LogP) is 5.38. The van der Waals surface area contributed by atoms with Gasteiger partial charge < -0.3 is 10.1 Å². The average Bonchev–Trinajstić information content (AvgIpc) is 2.55. The predicted molar refractivity (Wildman–Crippen MR) is 90.2 cm³/mol. The zero-order chi connectivity index (χ0) is 15.2. The van der Waals surface area contributed by atoms with Gasteiger partial charge in [0.15, 0.2) is 0 Å². The molecule has 2 atom stereocenters. The molecule has 0 bridgehead atoms. The Labute approximate surface area is 128 Å². The van der Waals surface area contributed by atoms with E-state index in [1.54, 1.807) is 7.11 Å². The quantitative estimate of drug-likeness (QED) is 0.768. The molecule has 0 saturated carbocycles. The van der Waals surface area contributed by atoms with Crippen LogP contribution in [0.1, 0.15) is 50.3 Å². The van der Waals surface area contributed by atoms with Crippen molar-refractivity contribution in [3.8, 4) is 5.75 Å². The van der Waals surface area contributed by atoms with E-state index in [0.717, 1.165) is 11.4 Å². The summed E-state index contributed by atoms with van der Waals surface area (Å²) in [5.74, 6) is 1.52. The molecule has 0 fully saturated rings. The molecular weight excluding hydrogens is 258 g/mol. The van der Waals surface area contributed by atoms with Gasteiger partial charge in [-0.3, -0.25) is 0 Å². The lowest BCUT2D eigenvalue weighted by atomic mass is 9.98. The van der Waals surface area contributed by atoms with Crippen molar-refractivity contribution >= 4 is 5.69 Å². The Morgan fingerprint density at radius 2 is 1.48 bits per heavy atom. The first-order chi connectivity index (χ1) is 10.1. The fraction of sp³-hybridized carbons (Fsp3) is 0.368. The van der Waals surface area contributed by atoms with Gasteiger partial charge in [-0.2, -0.15) is 0 Å². The second-order valence-corrected chi connectivity index (χ2v) is 5.57. The molecule has 0 radical (unpaired) electrons. The van der Waals surface area contributed by atoms with Gasteiger partial charge in [-0.1, -0.05) is 38.1 Å². The van der Waals surface area contributed by atoms with Crippen LogP contribution in [0.2, 0.25) is 0 Å². The molecule has 0 saturated heterocycles. The summed E-state index contributed by atoms with van der Waals surface area (Å²) in [6.07, 6.45) is 1.18.